The van der Waals surface area contributed by atoms with E-state index < -0.39 is 5.60 Å². The largest absolute Gasteiger partial charge is 0.497 e. The molecular weight excluding hydrogens is 578 g/mol. The van der Waals surface area contributed by atoms with Crippen molar-refractivity contribution in [2.75, 3.05) is 20.8 Å². The summed E-state index contributed by atoms with van der Waals surface area (Å²) in [6.45, 7) is 5.80. The molecule has 1 aliphatic heterocycles. The Kier molecular flexibility index (Phi) is 6.87. The van der Waals surface area contributed by atoms with Crippen molar-refractivity contribution in [2.45, 2.75) is 109 Å². The minimum absolute atomic E-state index is 0.00227. The van der Waals surface area contributed by atoms with Gasteiger partial charge in [0.05, 0.1) is 33.4 Å². The van der Waals surface area contributed by atoms with E-state index in [1.54, 1.807) is 14.2 Å². The van der Waals surface area contributed by atoms with E-state index in [9.17, 15) is 14.7 Å². The third kappa shape index (κ3) is 3.87. The summed E-state index contributed by atoms with van der Waals surface area (Å²) < 4.78 is 17.6. The van der Waals surface area contributed by atoms with E-state index in [1.807, 2.05) is 23.1 Å². The van der Waals surface area contributed by atoms with Gasteiger partial charge in [0.15, 0.2) is 5.78 Å². The van der Waals surface area contributed by atoms with Gasteiger partial charge in [0, 0.05) is 39.4 Å². The van der Waals surface area contributed by atoms with Crippen molar-refractivity contribution in [1.82, 2.24) is 4.90 Å². The molecule has 1 aromatic carbocycles. The molecule has 8 aliphatic rings. The molecule has 1 amide bonds. The number of aliphatic hydroxyl groups is 1. The van der Waals surface area contributed by atoms with Gasteiger partial charge >= 0.3 is 6.09 Å². The number of hydrogen-bond acceptors (Lipinski definition) is 6. The number of aliphatic hydroxyl groups excluding tert-OH is 1. The van der Waals surface area contributed by atoms with Gasteiger partial charge in [-0.15, -0.1) is 0 Å². The number of rotatable bonds is 6. The number of methoxy groups -OCH3 is 2. The number of carbonyl (C=O) groups excluding carboxylic acids is 2. The van der Waals surface area contributed by atoms with Gasteiger partial charge in [-0.1, -0.05) is 51.3 Å². The molecule has 1 saturated heterocycles. The zero-order valence-electron chi connectivity index (χ0n) is 28.1. The van der Waals surface area contributed by atoms with Gasteiger partial charge in [-0.25, -0.2) is 4.79 Å². The third-order valence-corrected chi connectivity index (χ3v) is 14.8. The minimum atomic E-state index is -0.601. The van der Waals surface area contributed by atoms with Crippen LogP contribution in [0.4, 0.5) is 4.79 Å². The van der Waals surface area contributed by atoms with E-state index in [4.69, 9.17) is 14.2 Å². The van der Waals surface area contributed by atoms with E-state index in [0.717, 1.165) is 75.3 Å². The van der Waals surface area contributed by atoms with Crippen LogP contribution in [-0.2, 0) is 16.1 Å². The fourth-order valence-corrected chi connectivity index (χ4v) is 12.3. The van der Waals surface area contributed by atoms with Crippen molar-refractivity contribution in [1.29, 1.82) is 0 Å². The standard InChI is InChI=1S/C39H51NO6/c1-35-15-12-27(41)21-37(35)18-19-39(29(22-37)33(42)25-8-6-5-7-9-25)31(35)13-16-36(2)32(39)14-17-38(36)24-40(34(43)46-38)23-26-10-11-28(44-3)20-30(26)45-4/h10-11,18-20,22,25,27,31-32,41H,5-9,12-17,21,23-24H2,1-4H3. The van der Waals surface area contributed by atoms with Crippen LogP contribution in [0.2, 0.25) is 0 Å². The Morgan fingerprint density at radius 2 is 1.70 bits per heavy atom. The quantitative estimate of drug-likeness (QED) is 0.330. The highest BCUT2D eigenvalue weighted by molar-refractivity contribution is 6.00. The van der Waals surface area contributed by atoms with Crippen molar-refractivity contribution in [2.24, 2.45) is 39.4 Å². The first-order valence-corrected chi connectivity index (χ1v) is 17.9. The Morgan fingerprint density at radius 3 is 2.46 bits per heavy atom. The molecule has 248 valence electrons. The molecule has 4 saturated carbocycles. The van der Waals surface area contributed by atoms with E-state index in [-0.39, 0.29) is 45.7 Å². The third-order valence-electron chi connectivity index (χ3n) is 14.8. The highest BCUT2D eigenvalue weighted by Crippen LogP contribution is 2.79. The molecule has 1 aromatic rings. The van der Waals surface area contributed by atoms with Crippen molar-refractivity contribution >= 4 is 11.9 Å². The predicted molar refractivity (Wildman–Crippen MR) is 174 cm³/mol. The Balaban J connectivity index is 1.17. The molecule has 3 spiro atoms. The summed E-state index contributed by atoms with van der Waals surface area (Å²) in [7, 11) is 3.28. The number of carbonyl (C=O) groups is 2. The molecule has 5 fully saturated rings. The lowest BCUT2D eigenvalue weighted by molar-refractivity contribution is -0.169. The molecule has 7 nitrogen and oxygen atoms in total. The Hall–Kier alpha value is -2.80. The lowest BCUT2D eigenvalue weighted by Gasteiger charge is -2.71. The van der Waals surface area contributed by atoms with Crippen LogP contribution in [0, 0.1) is 39.4 Å². The smallest absolute Gasteiger partial charge is 0.410 e. The van der Waals surface area contributed by atoms with Crippen LogP contribution in [-0.4, -0.2) is 54.4 Å². The average Bonchev–Trinajstić information content (AvgIpc) is 3.55. The number of ether oxygens (including phenoxy) is 3. The van der Waals surface area contributed by atoms with Gasteiger partial charge in [-0.3, -0.25) is 9.69 Å². The molecular formula is C39H51NO6. The lowest BCUT2D eigenvalue weighted by atomic mass is 9.32. The number of hydrogen-bond donors (Lipinski definition) is 1. The molecule has 2 bridgehead atoms. The summed E-state index contributed by atoms with van der Waals surface area (Å²) in [4.78, 5) is 30.4. The summed E-state index contributed by atoms with van der Waals surface area (Å²) in [5.74, 6) is 2.43. The van der Waals surface area contributed by atoms with Crippen LogP contribution in [0.3, 0.4) is 0 Å². The van der Waals surface area contributed by atoms with Crippen molar-refractivity contribution in [3.8, 4) is 11.5 Å². The molecule has 7 heteroatoms. The van der Waals surface area contributed by atoms with E-state index >= 15 is 0 Å². The molecule has 1 heterocycles. The van der Waals surface area contributed by atoms with Crippen LogP contribution < -0.4 is 9.47 Å². The topological polar surface area (TPSA) is 85.3 Å². The molecule has 7 aliphatic carbocycles. The lowest BCUT2D eigenvalue weighted by Crippen LogP contribution is -2.67. The summed E-state index contributed by atoms with van der Waals surface area (Å²) in [5.41, 5.74) is 0.478. The maximum Gasteiger partial charge on any atom is 0.410 e. The van der Waals surface area contributed by atoms with Gasteiger partial charge in [-0.2, -0.15) is 0 Å². The number of ketones is 1. The zero-order valence-corrected chi connectivity index (χ0v) is 28.1. The maximum atomic E-state index is 14.8. The fraction of sp³-hybridized carbons (Fsp3) is 0.692. The second-order valence-electron chi connectivity index (χ2n) is 16.4. The molecule has 8 atom stereocenters. The number of benzene rings is 1. The molecule has 9 rings (SSSR count). The summed E-state index contributed by atoms with van der Waals surface area (Å²) in [6.07, 6.45) is 18.4. The van der Waals surface area contributed by atoms with Gasteiger partial charge < -0.3 is 19.3 Å². The van der Waals surface area contributed by atoms with Crippen LogP contribution in [0.5, 0.6) is 11.5 Å². The second kappa shape index (κ2) is 10.3. The van der Waals surface area contributed by atoms with E-state index in [0.29, 0.717) is 42.7 Å². The van der Waals surface area contributed by atoms with E-state index in [2.05, 4.69) is 32.1 Å². The minimum Gasteiger partial charge on any atom is -0.497 e. The van der Waals surface area contributed by atoms with Crippen molar-refractivity contribution < 1.29 is 28.9 Å². The Bertz CT molecular complexity index is 1510. The van der Waals surface area contributed by atoms with Gasteiger partial charge in [-0.05, 0) is 87.2 Å². The highest BCUT2D eigenvalue weighted by atomic mass is 16.6. The number of fused-ring (bicyclic) bond motifs is 2. The average molecular weight is 630 g/mol. The monoisotopic (exact) mass is 629 g/mol. The summed E-state index contributed by atoms with van der Waals surface area (Å²) in [6, 6.07) is 5.74. The Labute approximate surface area is 273 Å². The second-order valence-corrected chi connectivity index (χ2v) is 16.4. The Morgan fingerprint density at radius 1 is 0.957 bits per heavy atom. The van der Waals surface area contributed by atoms with Crippen LogP contribution in [0.25, 0.3) is 0 Å². The van der Waals surface area contributed by atoms with Gasteiger partial charge in [0.25, 0.3) is 0 Å². The molecule has 0 aromatic heterocycles. The van der Waals surface area contributed by atoms with Crippen molar-refractivity contribution in [3.63, 3.8) is 0 Å². The molecule has 8 unspecified atom stereocenters. The van der Waals surface area contributed by atoms with Crippen LogP contribution >= 0.6 is 0 Å². The summed E-state index contributed by atoms with van der Waals surface area (Å²) in [5, 5.41) is 11.0. The first-order valence-electron chi connectivity index (χ1n) is 17.9. The first-order chi connectivity index (χ1) is 22.0. The van der Waals surface area contributed by atoms with E-state index in [1.165, 1.54) is 6.42 Å². The number of Topliss-reactive ketones (excluding diaryl/α,β-unsaturated/α-hetero) is 1. The van der Waals surface area contributed by atoms with Crippen LogP contribution in [0.1, 0.15) is 96.5 Å². The zero-order chi connectivity index (χ0) is 32.1. The number of allylic oxidation sites excluding steroid dienone is 4. The molecule has 1 N–H and O–H groups in total. The normalized spacial score (nSPS) is 42.7. The summed E-state index contributed by atoms with van der Waals surface area (Å²) >= 11 is 0. The highest BCUT2D eigenvalue weighted by Gasteiger charge is 2.76. The van der Waals surface area contributed by atoms with Crippen molar-refractivity contribution in [3.05, 3.63) is 47.6 Å². The first kappa shape index (κ1) is 30.5. The van der Waals surface area contributed by atoms with Gasteiger partial charge in [0.1, 0.15) is 17.1 Å². The number of amides is 1. The SMILES string of the molecule is COc1ccc(CN2CC3(CCC4C56C=CC7(C=C5C(=O)C5CCCCC5)CC(O)CCC7(C)C6CCC43C)OC2=O)c(OC)c1. The maximum absolute atomic E-state index is 14.8. The van der Waals surface area contributed by atoms with Gasteiger partial charge in [0.2, 0.25) is 0 Å². The van der Waals surface area contributed by atoms with Crippen LogP contribution in [0.15, 0.2) is 42.0 Å². The fourth-order valence-electron chi connectivity index (χ4n) is 12.3. The molecule has 46 heavy (non-hydrogen) atoms. The predicted octanol–water partition coefficient (Wildman–Crippen LogP) is 7.40. The molecule has 0 radical (unpaired) electrons. The number of nitrogens with zero attached hydrogens (tertiary/aromatic N) is 1.